The molecule has 0 radical (unpaired) electrons. The number of carbonyl (C=O) groups is 1. The molecule has 0 aromatic carbocycles. The van der Waals surface area contributed by atoms with E-state index in [-0.39, 0.29) is 24.9 Å². The molecule has 0 fully saturated rings. The van der Waals surface area contributed by atoms with Gasteiger partial charge in [0.15, 0.2) is 0 Å². The van der Waals surface area contributed by atoms with Gasteiger partial charge in [-0.3, -0.25) is 4.79 Å². The molecule has 0 aromatic heterocycles. The second-order valence-corrected chi connectivity index (χ2v) is 2.80. The fraction of sp³-hybridized carbons (Fsp3) is 0.625. The summed E-state index contributed by atoms with van der Waals surface area (Å²) in [6, 6.07) is 0. The minimum atomic E-state index is -0.0885. The monoisotopic (exact) mass is 205 g/mol. The number of hydrogen-bond acceptors (Lipinski definition) is 3. The van der Waals surface area contributed by atoms with Gasteiger partial charge < -0.3 is 16.4 Å². The van der Waals surface area contributed by atoms with E-state index >= 15 is 0 Å². The maximum Gasteiger partial charge on any atom is 0.233 e. The van der Waals surface area contributed by atoms with Crippen LogP contribution in [0.3, 0.4) is 0 Å². The van der Waals surface area contributed by atoms with Gasteiger partial charge in [0.05, 0.1) is 6.54 Å². The molecule has 1 rings (SSSR count). The molecule has 0 saturated heterocycles. The van der Waals surface area contributed by atoms with Crippen LogP contribution in [-0.2, 0) is 4.79 Å². The number of carbonyl (C=O) groups excluding carboxylic acids is 1. The summed E-state index contributed by atoms with van der Waals surface area (Å²) >= 11 is 0. The van der Waals surface area contributed by atoms with E-state index in [9.17, 15) is 4.79 Å². The second kappa shape index (κ2) is 6.88. The van der Waals surface area contributed by atoms with Crippen molar-refractivity contribution in [2.45, 2.75) is 6.42 Å². The number of hydrogen-bond donors (Lipinski definition) is 3. The Hall–Kier alpha value is -0.580. The van der Waals surface area contributed by atoms with E-state index in [0.717, 1.165) is 19.5 Å². The second-order valence-electron chi connectivity index (χ2n) is 2.80. The number of amides is 1. The quantitative estimate of drug-likeness (QED) is 0.540. The first kappa shape index (κ1) is 12.4. The maximum absolute atomic E-state index is 10.8. The fourth-order valence-electron chi connectivity index (χ4n) is 1.11. The molecule has 0 atom stereocenters. The summed E-state index contributed by atoms with van der Waals surface area (Å²) in [6.07, 6.45) is 3.13. The Labute approximate surface area is 84.4 Å². The lowest BCUT2D eigenvalue weighted by atomic mass is 10.1. The summed E-state index contributed by atoms with van der Waals surface area (Å²) in [5.41, 5.74) is 6.43. The van der Waals surface area contributed by atoms with Gasteiger partial charge in [0.25, 0.3) is 0 Å². The van der Waals surface area contributed by atoms with Crippen molar-refractivity contribution in [3.05, 3.63) is 11.6 Å². The summed E-state index contributed by atoms with van der Waals surface area (Å²) in [4.78, 5) is 10.8. The largest absolute Gasteiger partial charge is 0.351 e. The van der Waals surface area contributed by atoms with Crippen LogP contribution in [0.1, 0.15) is 6.42 Å². The zero-order valence-electron chi connectivity index (χ0n) is 7.51. The molecule has 76 valence electrons. The third-order valence-electron chi connectivity index (χ3n) is 1.86. The third-order valence-corrected chi connectivity index (χ3v) is 1.86. The molecule has 1 amide bonds. The number of nitrogens with one attached hydrogen (secondary N) is 2. The fourth-order valence-corrected chi connectivity index (χ4v) is 1.11. The highest BCUT2D eigenvalue weighted by Crippen LogP contribution is 2.01. The Kier molecular flexibility index (Phi) is 6.58. The van der Waals surface area contributed by atoms with Crippen LogP contribution in [0.5, 0.6) is 0 Å². The van der Waals surface area contributed by atoms with E-state index in [1.165, 1.54) is 5.57 Å². The maximum atomic E-state index is 10.8. The van der Waals surface area contributed by atoms with Gasteiger partial charge in [-0.25, -0.2) is 0 Å². The molecule has 1 heterocycles. The third kappa shape index (κ3) is 4.87. The molecule has 4 nitrogen and oxygen atoms in total. The van der Waals surface area contributed by atoms with Crippen LogP contribution < -0.4 is 16.4 Å². The van der Waals surface area contributed by atoms with Crippen molar-refractivity contribution in [1.29, 1.82) is 0 Å². The lowest BCUT2D eigenvalue weighted by Gasteiger charge is -2.14. The van der Waals surface area contributed by atoms with Crippen LogP contribution in [0, 0.1) is 0 Å². The molecule has 0 bridgehead atoms. The molecule has 13 heavy (non-hydrogen) atoms. The van der Waals surface area contributed by atoms with Gasteiger partial charge in [0, 0.05) is 13.1 Å². The van der Waals surface area contributed by atoms with Gasteiger partial charge >= 0.3 is 0 Å². The highest BCUT2D eigenvalue weighted by molar-refractivity contribution is 5.85. The first-order valence-electron chi connectivity index (χ1n) is 4.18. The number of nitrogens with two attached hydrogens (primary N) is 1. The van der Waals surface area contributed by atoms with E-state index < -0.39 is 0 Å². The first-order valence-corrected chi connectivity index (χ1v) is 4.18. The van der Waals surface area contributed by atoms with E-state index in [1.807, 2.05) is 0 Å². The van der Waals surface area contributed by atoms with E-state index in [2.05, 4.69) is 16.7 Å². The van der Waals surface area contributed by atoms with Crippen molar-refractivity contribution >= 4 is 18.3 Å². The molecular formula is C8H16ClN3O. The summed E-state index contributed by atoms with van der Waals surface area (Å²) in [7, 11) is 0. The average Bonchev–Trinajstić information content (AvgIpc) is 2.16. The Morgan fingerprint density at radius 3 is 3.00 bits per heavy atom. The van der Waals surface area contributed by atoms with Gasteiger partial charge in [0.2, 0.25) is 5.91 Å². The summed E-state index contributed by atoms with van der Waals surface area (Å²) < 4.78 is 0. The first-order chi connectivity index (χ1) is 5.83. The van der Waals surface area contributed by atoms with Crippen LogP contribution in [0.25, 0.3) is 0 Å². The average molecular weight is 206 g/mol. The van der Waals surface area contributed by atoms with Crippen molar-refractivity contribution in [2.75, 3.05) is 26.2 Å². The standard InChI is InChI=1S/C8H15N3O.ClH/c9-5-8(12)11-6-7-1-3-10-4-2-7;/h1,10H,2-6,9H2,(H,11,12);1H. The van der Waals surface area contributed by atoms with E-state index in [4.69, 9.17) is 5.73 Å². The molecule has 1 aliphatic heterocycles. The molecule has 0 spiro atoms. The van der Waals surface area contributed by atoms with Gasteiger partial charge in [-0.1, -0.05) is 11.6 Å². The number of halogens is 1. The molecule has 1 aliphatic rings. The smallest absolute Gasteiger partial charge is 0.233 e. The molecule has 4 N–H and O–H groups in total. The predicted molar refractivity (Wildman–Crippen MR) is 54.9 cm³/mol. The zero-order valence-corrected chi connectivity index (χ0v) is 8.32. The molecule has 0 saturated carbocycles. The molecule has 0 unspecified atom stereocenters. The highest BCUT2D eigenvalue weighted by atomic mass is 35.5. The van der Waals surface area contributed by atoms with Crippen LogP contribution in [0.2, 0.25) is 0 Å². The summed E-state index contributed by atoms with van der Waals surface area (Å²) in [5.74, 6) is -0.0885. The van der Waals surface area contributed by atoms with Gasteiger partial charge in [-0.2, -0.15) is 0 Å². The molecular weight excluding hydrogens is 190 g/mol. The summed E-state index contributed by atoms with van der Waals surface area (Å²) in [6.45, 7) is 2.64. The highest BCUT2D eigenvalue weighted by Gasteiger charge is 2.03. The Balaban J connectivity index is 0.00000144. The normalized spacial score (nSPS) is 15.6. The van der Waals surface area contributed by atoms with Gasteiger partial charge in [-0.05, 0) is 13.0 Å². The van der Waals surface area contributed by atoms with Gasteiger partial charge in [-0.15, -0.1) is 12.4 Å². The van der Waals surface area contributed by atoms with Crippen LogP contribution >= 0.6 is 12.4 Å². The van der Waals surface area contributed by atoms with Crippen molar-refractivity contribution in [1.82, 2.24) is 10.6 Å². The van der Waals surface area contributed by atoms with Crippen LogP contribution in [0.15, 0.2) is 11.6 Å². The molecule has 0 aliphatic carbocycles. The minimum absolute atomic E-state index is 0. The number of rotatable bonds is 3. The van der Waals surface area contributed by atoms with Crippen molar-refractivity contribution in [3.8, 4) is 0 Å². The predicted octanol–water partition coefficient (Wildman–Crippen LogP) is -0.597. The SMILES string of the molecule is Cl.NCC(=O)NCC1=CCNCC1. The van der Waals surface area contributed by atoms with E-state index in [1.54, 1.807) is 0 Å². The van der Waals surface area contributed by atoms with Crippen molar-refractivity contribution < 1.29 is 4.79 Å². The minimum Gasteiger partial charge on any atom is -0.351 e. The lowest BCUT2D eigenvalue weighted by Crippen LogP contribution is -2.33. The van der Waals surface area contributed by atoms with Crippen molar-refractivity contribution in [2.24, 2.45) is 5.73 Å². The molecule has 5 heteroatoms. The lowest BCUT2D eigenvalue weighted by molar-refractivity contribution is -0.119. The zero-order chi connectivity index (χ0) is 8.81. The molecule has 0 aromatic rings. The van der Waals surface area contributed by atoms with Gasteiger partial charge in [0.1, 0.15) is 0 Å². The Bertz CT molecular complexity index is 194. The summed E-state index contributed by atoms with van der Waals surface area (Å²) in [5, 5.41) is 5.94. The van der Waals surface area contributed by atoms with Crippen LogP contribution in [-0.4, -0.2) is 32.1 Å². The Morgan fingerprint density at radius 2 is 2.46 bits per heavy atom. The Morgan fingerprint density at radius 1 is 1.69 bits per heavy atom. The van der Waals surface area contributed by atoms with E-state index in [0.29, 0.717) is 6.54 Å². The topological polar surface area (TPSA) is 67.2 Å². The van der Waals surface area contributed by atoms with Crippen LogP contribution in [0.4, 0.5) is 0 Å². The van der Waals surface area contributed by atoms with Crippen molar-refractivity contribution in [3.63, 3.8) is 0 Å².